The predicted octanol–water partition coefficient (Wildman–Crippen LogP) is 6.69. The van der Waals surface area contributed by atoms with Gasteiger partial charge in [0.2, 0.25) is 11.8 Å². The van der Waals surface area contributed by atoms with Crippen molar-refractivity contribution in [3.63, 3.8) is 0 Å². The number of nitrogens with zero attached hydrogens (tertiary/aromatic N) is 2. The van der Waals surface area contributed by atoms with Crippen molar-refractivity contribution >= 4 is 50.7 Å². The van der Waals surface area contributed by atoms with Crippen molar-refractivity contribution in [1.29, 1.82) is 0 Å². The summed E-state index contributed by atoms with van der Waals surface area (Å²) in [4.78, 5) is 29.1. The molecule has 3 aromatic carbocycles. The molecule has 0 aromatic heterocycles. The van der Waals surface area contributed by atoms with E-state index in [0.29, 0.717) is 39.8 Å². The number of hydrogen-bond acceptors (Lipinski definition) is 4. The molecular weight excluding hydrogens is 593 g/mol. The van der Waals surface area contributed by atoms with Gasteiger partial charge in [-0.05, 0) is 69.0 Å². The van der Waals surface area contributed by atoms with Gasteiger partial charge in [0.25, 0.3) is 10.0 Å². The summed E-state index contributed by atoms with van der Waals surface area (Å²) in [6, 6.07) is 16.0. The Morgan fingerprint density at radius 1 is 0.905 bits per heavy atom. The number of nitrogens with one attached hydrogen (secondary N) is 1. The van der Waals surface area contributed by atoms with Crippen LogP contribution in [0.5, 0.6) is 0 Å². The SMILES string of the molecule is CCC(C(=O)NCC(C)C)N(Cc1c(Cl)cccc1Cl)C(=O)CN(c1ccc(C)cc1C)S(=O)(=O)c1ccc(C)cc1. The van der Waals surface area contributed by atoms with E-state index >= 15 is 0 Å². The van der Waals surface area contributed by atoms with Crippen molar-refractivity contribution in [2.45, 2.75) is 65.4 Å². The summed E-state index contributed by atoms with van der Waals surface area (Å²) in [5, 5.41) is 3.60. The third kappa shape index (κ3) is 8.06. The molecule has 0 saturated carbocycles. The number of halogens is 2. The molecule has 0 spiro atoms. The fourth-order valence-corrected chi connectivity index (χ4v) is 6.63. The van der Waals surface area contributed by atoms with Gasteiger partial charge in [-0.3, -0.25) is 13.9 Å². The molecule has 0 aliphatic carbocycles. The van der Waals surface area contributed by atoms with Crippen molar-refractivity contribution in [2.75, 3.05) is 17.4 Å². The minimum absolute atomic E-state index is 0.0586. The maximum atomic E-state index is 14.3. The molecular formula is C32H39Cl2N3O4S. The van der Waals surface area contributed by atoms with E-state index in [1.165, 1.54) is 17.0 Å². The van der Waals surface area contributed by atoms with Crippen LogP contribution < -0.4 is 9.62 Å². The zero-order valence-electron chi connectivity index (χ0n) is 24.9. The number of carbonyl (C=O) groups excluding carboxylic acids is 2. The molecule has 0 aliphatic heterocycles. The lowest BCUT2D eigenvalue weighted by Gasteiger charge is -2.34. The summed E-state index contributed by atoms with van der Waals surface area (Å²) in [5.41, 5.74) is 3.41. The monoisotopic (exact) mass is 631 g/mol. The number of sulfonamides is 1. The molecule has 0 radical (unpaired) electrons. The first-order valence-electron chi connectivity index (χ1n) is 13.9. The molecule has 0 saturated heterocycles. The predicted molar refractivity (Wildman–Crippen MR) is 171 cm³/mol. The van der Waals surface area contributed by atoms with E-state index < -0.39 is 28.5 Å². The number of carbonyl (C=O) groups is 2. The van der Waals surface area contributed by atoms with E-state index in [1.807, 2.05) is 33.8 Å². The van der Waals surface area contributed by atoms with Gasteiger partial charge in [0.05, 0.1) is 10.6 Å². The van der Waals surface area contributed by atoms with Crippen LogP contribution in [0.1, 0.15) is 49.4 Å². The lowest BCUT2D eigenvalue weighted by Crippen LogP contribution is -2.52. The van der Waals surface area contributed by atoms with Crippen molar-refractivity contribution in [3.8, 4) is 0 Å². The molecule has 2 amide bonds. The van der Waals surface area contributed by atoms with Crippen LogP contribution in [0.25, 0.3) is 0 Å². The van der Waals surface area contributed by atoms with Crippen molar-refractivity contribution in [1.82, 2.24) is 10.2 Å². The fraction of sp³-hybridized carbons (Fsp3) is 0.375. The van der Waals surface area contributed by atoms with Crippen molar-refractivity contribution < 1.29 is 18.0 Å². The van der Waals surface area contributed by atoms with Crippen LogP contribution in [-0.4, -0.2) is 44.3 Å². The maximum absolute atomic E-state index is 14.3. The largest absolute Gasteiger partial charge is 0.354 e. The molecule has 0 bridgehead atoms. The zero-order valence-corrected chi connectivity index (χ0v) is 27.3. The average molecular weight is 633 g/mol. The highest BCUT2D eigenvalue weighted by atomic mass is 35.5. The van der Waals surface area contributed by atoms with Crippen LogP contribution in [0.2, 0.25) is 10.0 Å². The van der Waals surface area contributed by atoms with Gasteiger partial charge in [-0.15, -0.1) is 0 Å². The Balaban J connectivity index is 2.12. The Morgan fingerprint density at radius 2 is 1.50 bits per heavy atom. The van der Waals surface area contributed by atoms with Crippen LogP contribution >= 0.6 is 23.2 Å². The Kier molecular flexibility index (Phi) is 11.5. The lowest BCUT2D eigenvalue weighted by atomic mass is 10.1. The first-order valence-corrected chi connectivity index (χ1v) is 16.1. The van der Waals surface area contributed by atoms with Gasteiger partial charge < -0.3 is 10.2 Å². The Hall–Kier alpha value is -3.07. The number of benzene rings is 3. The Bertz CT molecular complexity index is 1500. The molecule has 0 heterocycles. The highest BCUT2D eigenvalue weighted by Crippen LogP contribution is 2.30. The molecule has 3 rings (SSSR count). The summed E-state index contributed by atoms with van der Waals surface area (Å²) in [5.74, 6) is -0.691. The highest BCUT2D eigenvalue weighted by Gasteiger charge is 2.34. The first kappa shape index (κ1) is 33.4. The van der Waals surface area contributed by atoms with Gasteiger partial charge in [0.15, 0.2) is 0 Å². The highest BCUT2D eigenvalue weighted by molar-refractivity contribution is 7.92. The van der Waals surface area contributed by atoms with E-state index in [-0.39, 0.29) is 23.3 Å². The lowest BCUT2D eigenvalue weighted by molar-refractivity contribution is -0.140. The Morgan fingerprint density at radius 3 is 2.05 bits per heavy atom. The van der Waals surface area contributed by atoms with Crippen LogP contribution in [0, 0.1) is 26.7 Å². The number of anilines is 1. The molecule has 7 nitrogen and oxygen atoms in total. The van der Waals surface area contributed by atoms with Gasteiger partial charge >= 0.3 is 0 Å². The normalized spacial score (nSPS) is 12.2. The maximum Gasteiger partial charge on any atom is 0.264 e. The molecule has 10 heteroatoms. The number of rotatable bonds is 12. The molecule has 0 aliphatic rings. The summed E-state index contributed by atoms with van der Waals surface area (Å²) in [7, 11) is -4.16. The van der Waals surface area contributed by atoms with Crippen LogP contribution in [-0.2, 0) is 26.2 Å². The molecule has 0 fully saturated rings. The number of aryl methyl sites for hydroxylation is 3. The second-order valence-electron chi connectivity index (χ2n) is 10.9. The van der Waals surface area contributed by atoms with E-state index in [4.69, 9.17) is 23.2 Å². The number of hydrogen-bond donors (Lipinski definition) is 1. The van der Waals surface area contributed by atoms with Crippen LogP contribution in [0.4, 0.5) is 5.69 Å². The summed E-state index contributed by atoms with van der Waals surface area (Å²) in [6.07, 6.45) is 0.298. The average Bonchev–Trinajstić information content (AvgIpc) is 2.92. The fourth-order valence-electron chi connectivity index (χ4n) is 4.63. The second kappa shape index (κ2) is 14.4. The minimum atomic E-state index is -4.16. The van der Waals surface area contributed by atoms with Gasteiger partial charge in [0, 0.05) is 28.7 Å². The molecule has 226 valence electrons. The van der Waals surface area contributed by atoms with Gasteiger partial charge in [-0.25, -0.2) is 8.42 Å². The zero-order chi connectivity index (χ0) is 31.2. The molecule has 1 N–H and O–H groups in total. The summed E-state index contributed by atoms with van der Waals surface area (Å²) >= 11 is 13.0. The van der Waals surface area contributed by atoms with E-state index in [1.54, 1.807) is 56.3 Å². The van der Waals surface area contributed by atoms with Crippen LogP contribution in [0.3, 0.4) is 0 Å². The minimum Gasteiger partial charge on any atom is -0.354 e. The molecule has 42 heavy (non-hydrogen) atoms. The van der Waals surface area contributed by atoms with Gasteiger partial charge in [-0.2, -0.15) is 0 Å². The van der Waals surface area contributed by atoms with E-state index in [2.05, 4.69) is 5.32 Å². The third-order valence-corrected chi connectivity index (χ3v) is 9.45. The van der Waals surface area contributed by atoms with Crippen molar-refractivity contribution in [2.24, 2.45) is 5.92 Å². The van der Waals surface area contributed by atoms with Gasteiger partial charge in [0.1, 0.15) is 12.6 Å². The molecule has 1 unspecified atom stereocenters. The quantitative estimate of drug-likeness (QED) is 0.241. The smallest absolute Gasteiger partial charge is 0.264 e. The van der Waals surface area contributed by atoms with E-state index in [0.717, 1.165) is 15.4 Å². The van der Waals surface area contributed by atoms with Gasteiger partial charge in [-0.1, -0.05) is 85.4 Å². The molecule has 1 atom stereocenters. The summed E-state index contributed by atoms with van der Waals surface area (Å²) < 4.78 is 29.3. The second-order valence-corrected chi connectivity index (χ2v) is 13.6. The number of amides is 2. The van der Waals surface area contributed by atoms with E-state index in [9.17, 15) is 18.0 Å². The topological polar surface area (TPSA) is 86.8 Å². The Labute approximate surface area is 259 Å². The third-order valence-electron chi connectivity index (χ3n) is 6.97. The molecule has 3 aromatic rings. The standard InChI is InChI=1S/C32H39Cl2N3O4S/c1-7-29(32(39)35-18-21(2)3)36(19-26-27(33)9-8-10-28(26)34)31(38)20-37(30-16-13-23(5)17-24(30)6)42(40,41)25-14-11-22(4)12-15-25/h8-17,21,29H,7,18-20H2,1-6H3,(H,35,39). The van der Waals surface area contributed by atoms with Crippen molar-refractivity contribution in [3.05, 3.63) is 93.0 Å². The summed E-state index contributed by atoms with van der Waals surface area (Å²) in [6.45, 7) is 11.2. The van der Waals surface area contributed by atoms with Crippen LogP contribution in [0.15, 0.2) is 65.6 Å². The first-order chi connectivity index (χ1) is 19.8.